The average molecular weight is 378 g/mol. The third-order valence-electron chi connectivity index (χ3n) is 4.16. The van der Waals surface area contributed by atoms with Gasteiger partial charge in [-0.3, -0.25) is 9.59 Å². The van der Waals surface area contributed by atoms with Gasteiger partial charge in [-0.15, -0.1) is 0 Å². The van der Waals surface area contributed by atoms with Gasteiger partial charge in [0.05, 0.1) is 5.69 Å². The first-order valence-electron chi connectivity index (χ1n) is 8.80. The second-order valence-corrected chi connectivity index (χ2v) is 6.09. The number of para-hydroxylation sites is 1. The van der Waals surface area contributed by atoms with E-state index in [4.69, 9.17) is 9.47 Å². The molecule has 3 aromatic rings. The van der Waals surface area contributed by atoms with E-state index in [2.05, 4.69) is 15.7 Å². The molecule has 0 atom stereocenters. The van der Waals surface area contributed by atoms with Gasteiger partial charge < -0.3 is 20.1 Å². The zero-order chi connectivity index (χ0) is 19.5. The van der Waals surface area contributed by atoms with Gasteiger partial charge in [0.15, 0.2) is 17.2 Å². The van der Waals surface area contributed by atoms with Crippen molar-refractivity contribution in [3.05, 3.63) is 60.3 Å². The standard InChI is InChI=1S/C20H18N4O4/c1-2-19(25)22-18-11-15(23-24(18)14-6-4-3-5-7-14)20(26)21-13-8-9-16-17(10-13)28-12-27-16/h3-11H,2,12H2,1H3,(H,21,26)(H,22,25). The second kappa shape index (κ2) is 7.43. The lowest BCUT2D eigenvalue weighted by Gasteiger charge is -2.07. The Kier molecular flexibility index (Phi) is 4.67. The van der Waals surface area contributed by atoms with Crippen LogP contribution in [-0.2, 0) is 4.79 Å². The minimum Gasteiger partial charge on any atom is -0.454 e. The first-order valence-corrected chi connectivity index (χ1v) is 8.80. The molecule has 142 valence electrons. The molecule has 1 aliphatic rings. The van der Waals surface area contributed by atoms with Crippen molar-refractivity contribution in [3.63, 3.8) is 0 Å². The monoisotopic (exact) mass is 378 g/mol. The third-order valence-corrected chi connectivity index (χ3v) is 4.16. The molecule has 0 saturated heterocycles. The summed E-state index contributed by atoms with van der Waals surface area (Å²) >= 11 is 0. The van der Waals surface area contributed by atoms with Crippen molar-refractivity contribution in [3.8, 4) is 17.2 Å². The fraction of sp³-hybridized carbons (Fsp3) is 0.150. The maximum absolute atomic E-state index is 12.7. The van der Waals surface area contributed by atoms with Gasteiger partial charge in [-0.2, -0.15) is 5.10 Å². The molecule has 1 aliphatic heterocycles. The lowest BCUT2D eigenvalue weighted by atomic mass is 10.2. The highest BCUT2D eigenvalue weighted by molar-refractivity contribution is 6.04. The zero-order valence-electron chi connectivity index (χ0n) is 15.1. The molecule has 1 aromatic heterocycles. The molecule has 0 fully saturated rings. The quantitative estimate of drug-likeness (QED) is 0.711. The molecular formula is C20H18N4O4. The Morgan fingerprint density at radius 2 is 1.82 bits per heavy atom. The number of amides is 2. The molecule has 0 unspecified atom stereocenters. The van der Waals surface area contributed by atoms with Crippen LogP contribution in [0.15, 0.2) is 54.6 Å². The lowest BCUT2D eigenvalue weighted by molar-refractivity contribution is -0.115. The maximum Gasteiger partial charge on any atom is 0.276 e. The molecule has 2 N–H and O–H groups in total. The number of carbonyl (C=O) groups is 2. The number of nitrogens with zero attached hydrogens (tertiary/aromatic N) is 2. The summed E-state index contributed by atoms with van der Waals surface area (Å²) in [5, 5.41) is 9.93. The van der Waals surface area contributed by atoms with E-state index in [1.54, 1.807) is 31.2 Å². The van der Waals surface area contributed by atoms with Gasteiger partial charge >= 0.3 is 0 Å². The Balaban J connectivity index is 1.61. The Morgan fingerprint density at radius 3 is 2.61 bits per heavy atom. The van der Waals surface area contributed by atoms with E-state index in [0.717, 1.165) is 5.69 Å². The lowest BCUT2D eigenvalue weighted by Crippen LogP contribution is -2.14. The molecule has 8 nitrogen and oxygen atoms in total. The third kappa shape index (κ3) is 3.52. The highest BCUT2D eigenvalue weighted by Crippen LogP contribution is 2.34. The number of ether oxygens (including phenoxy) is 2. The minimum atomic E-state index is -0.402. The molecule has 0 bridgehead atoms. The number of benzene rings is 2. The van der Waals surface area contributed by atoms with Crippen LogP contribution in [0.5, 0.6) is 11.5 Å². The fourth-order valence-electron chi connectivity index (χ4n) is 2.75. The normalized spacial score (nSPS) is 11.9. The van der Waals surface area contributed by atoms with Crippen molar-refractivity contribution >= 4 is 23.3 Å². The van der Waals surface area contributed by atoms with Crippen molar-refractivity contribution in [2.45, 2.75) is 13.3 Å². The van der Waals surface area contributed by atoms with Crippen LogP contribution in [-0.4, -0.2) is 28.4 Å². The summed E-state index contributed by atoms with van der Waals surface area (Å²) < 4.78 is 12.1. The summed E-state index contributed by atoms with van der Waals surface area (Å²) in [6.45, 7) is 1.92. The molecule has 0 radical (unpaired) electrons. The summed E-state index contributed by atoms with van der Waals surface area (Å²) in [4.78, 5) is 24.6. The van der Waals surface area contributed by atoms with E-state index in [1.807, 2.05) is 30.3 Å². The highest BCUT2D eigenvalue weighted by atomic mass is 16.7. The number of nitrogens with one attached hydrogen (secondary N) is 2. The number of hydrogen-bond acceptors (Lipinski definition) is 5. The Bertz CT molecular complexity index is 1030. The van der Waals surface area contributed by atoms with Gasteiger partial charge in [0.1, 0.15) is 5.82 Å². The summed E-state index contributed by atoms with van der Waals surface area (Å²) in [6.07, 6.45) is 0.318. The van der Waals surface area contributed by atoms with Crippen LogP contribution in [0.4, 0.5) is 11.5 Å². The Labute approximate surface area is 161 Å². The van der Waals surface area contributed by atoms with Gasteiger partial charge in [-0.05, 0) is 24.3 Å². The maximum atomic E-state index is 12.7. The molecule has 28 heavy (non-hydrogen) atoms. The van der Waals surface area contributed by atoms with Gasteiger partial charge in [-0.25, -0.2) is 4.68 Å². The molecule has 2 heterocycles. The van der Waals surface area contributed by atoms with Crippen molar-refractivity contribution < 1.29 is 19.1 Å². The van der Waals surface area contributed by atoms with Crippen LogP contribution in [0.3, 0.4) is 0 Å². The summed E-state index contributed by atoms with van der Waals surface area (Å²) in [5.41, 5.74) is 1.46. The average Bonchev–Trinajstić information content (AvgIpc) is 3.35. The zero-order valence-corrected chi connectivity index (χ0v) is 15.1. The number of anilines is 2. The van der Waals surface area contributed by atoms with Crippen LogP contribution in [0.2, 0.25) is 0 Å². The van der Waals surface area contributed by atoms with Crippen LogP contribution in [0.1, 0.15) is 23.8 Å². The van der Waals surface area contributed by atoms with Gasteiger partial charge in [0.25, 0.3) is 5.91 Å². The fourth-order valence-corrected chi connectivity index (χ4v) is 2.75. The van der Waals surface area contributed by atoms with Crippen LogP contribution >= 0.6 is 0 Å². The van der Waals surface area contributed by atoms with Crippen LogP contribution in [0.25, 0.3) is 5.69 Å². The van der Waals surface area contributed by atoms with E-state index in [1.165, 1.54) is 4.68 Å². The Hall–Kier alpha value is -3.81. The number of carbonyl (C=O) groups excluding carboxylic acids is 2. The predicted octanol–water partition coefficient (Wildman–Crippen LogP) is 3.20. The van der Waals surface area contributed by atoms with Crippen molar-refractivity contribution in [1.82, 2.24) is 9.78 Å². The largest absolute Gasteiger partial charge is 0.454 e. The molecule has 4 rings (SSSR count). The number of aromatic nitrogens is 2. The molecule has 8 heteroatoms. The van der Waals surface area contributed by atoms with Crippen molar-refractivity contribution in [1.29, 1.82) is 0 Å². The summed E-state index contributed by atoms with van der Waals surface area (Å²) in [5.74, 6) is 1.06. The van der Waals surface area contributed by atoms with E-state index < -0.39 is 5.91 Å². The SMILES string of the molecule is CCC(=O)Nc1cc(C(=O)Nc2ccc3c(c2)OCO3)nn1-c1ccccc1. The molecule has 2 amide bonds. The van der Waals surface area contributed by atoms with Crippen molar-refractivity contribution in [2.24, 2.45) is 0 Å². The minimum absolute atomic E-state index is 0.161. The van der Waals surface area contributed by atoms with Crippen LogP contribution in [0, 0.1) is 0 Å². The number of rotatable bonds is 5. The Morgan fingerprint density at radius 1 is 1.04 bits per heavy atom. The van der Waals surface area contributed by atoms with Gasteiger partial charge in [0.2, 0.25) is 12.7 Å². The summed E-state index contributed by atoms with van der Waals surface area (Å²) in [6, 6.07) is 16.0. The molecule has 2 aromatic carbocycles. The molecule has 0 saturated carbocycles. The molecule has 0 aliphatic carbocycles. The smallest absolute Gasteiger partial charge is 0.276 e. The van der Waals surface area contributed by atoms with Gasteiger partial charge in [-0.1, -0.05) is 25.1 Å². The van der Waals surface area contributed by atoms with Crippen LogP contribution < -0.4 is 20.1 Å². The topological polar surface area (TPSA) is 94.5 Å². The van der Waals surface area contributed by atoms with Gasteiger partial charge in [0, 0.05) is 24.2 Å². The second-order valence-electron chi connectivity index (χ2n) is 6.09. The van der Waals surface area contributed by atoms with E-state index in [-0.39, 0.29) is 18.4 Å². The first kappa shape index (κ1) is 17.6. The first-order chi connectivity index (χ1) is 13.6. The number of hydrogen-bond donors (Lipinski definition) is 2. The number of fused-ring (bicyclic) bond motifs is 1. The molecule has 0 spiro atoms. The molecular weight excluding hydrogens is 360 g/mol. The van der Waals surface area contributed by atoms with E-state index >= 15 is 0 Å². The summed E-state index contributed by atoms with van der Waals surface area (Å²) in [7, 11) is 0. The highest BCUT2D eigenvalue weighted by Gasteiger charge is 2.19. The van der Waals surface area contributed by atoms with E-state index in [9.17, 15) is 9.59 Å². The van der Waals surface area contributed by atoms with Crippen molar-refractivity contribution in [2.75, 3.05) is 17.4 Å². The van der Waals surface area contributed by atoms with E-state index in [0.29, 0.717) is 29.4 Å². The predicted molar refractivity (Wildman–Crippen MR) is 103 cm³/mol.